The van der Waals surface area contributed by atoms with Crippen LogP contribution >= 0.6 is 0 Å². The first kappa shape index (κ1) is 11.5. The predicted molar refractivity (Wildman–Crippen MR) is 73.0 cm³/mol. The molecule has 2 aromatic rings. The molecule has 0 amide bonds. The highest BCUT2D eigenvalue weighted by Gasteiger charge is 2.19. The van der Waals surface area contributed by atoms with E-state index < -0.39 is 0 Å². The first-order chi connectivity index (χ1) is 8.72. The van der Waals surface area contributed by atoms with E-state index in [1.54, 1.807) is 0 Å². The summed E-state index contributed by atoms with van der Waals surface area (Å²) in [6.45, 7) is 3.92. The molecule has 0 saturated heterocycles. The van der Waals surface area contributed by atoms with Crippen molar-refractivity contribution in [2.75, 3.05) is 25.0 Å². The number of hydrogen-bond donors (Lipinski definition) is 1. The molecule has 1 aliphatic rings. The Morgan fingerprint density at radius 1 is 1.44 bits per heavy atom. The molecule has 1 heterocycles. The highest BCUT2D eigenvalue weighted by Crippen LogP contribution is 2.22. The van der Waals surface area contributed by atoms with Gasteiger partial charge in [-0.3, -0.25) is 0 Å². The van der Waals surface area contributed by atoms with Gasteiger partial charge in [0, 0.05) is 44.9 Å². The normalized spacial score (nSPS) is 15.2. The van der Waals surface area contributed by atoms with Gasteiger partial charge in [-0.1, -0.05) is 0 Å². The Labute approximate surface area is 107 Å². The Morgan fingerprint density at radius 3 is 3.06 bits per heavy atom. The molecule has 3 rings (SSSR count). The predicted octanol–water partition coefficient (Wildman–Crippen LogP) is 2.32. The van der Waals surface area contributed by atoms with Gasteiger partial charge >= 0.3 is 0 Å². The van der Waals surface area contributed by atoms with Crippen LogP contribution in [-0.2, 0) is 0 Å². The standard InChI is InChI=1S/C14H19N3O/c1-10-16-13-6-5-12(9-14(13)18-10)17(2)8-7-15-11-3-4-11/h5-6,9,11,15H,3-4,7-8H2,1-2H3. The molecule has 0 unspecified atom stereocenters. The number of nitrogens with one attached hydrogen (secondary N) is 1. The highest BCUT2D eigenvalue weighted by atomic mass is 16.3. The molecule has 1 fully saturated rings. The lowest BCUT2D eigenvalue weighted by molar-refractivity contribution is 0.561. The molecule has 4 heteroatoms. The molecule has 0 aliphatic heterocycles. The van der Waals surface area contributed by atoms with E-state index in [2.05, 4.69) is 34.4 Å². The third-order valence-corrected chi connectivity index (χ3v) is 3.38. The smallest absolute Gasteiger partial charge is 0.192 e. The molecule has 0 atom stereocenters. The van der Waals surface area contributed by atoms with E-state index in [9.17, 15) is 0 Å². The molecule has 1 N–H and O–H groups in total. The first-order valence-corrected chi connectivity index (χ1v) is 6.54. The molecule has 0 bridgehead atoms. The van der Waals surface area contributed by atoms with Gasteiger partial charge in [-0.25, -0.2) is 4.98 Å². The van der Waals surface area contributed by atoms with Crippen LogP contribution in [0.2, 0.25) is 0 Å². The zero-order valence-electron chi connectivity index (χ0n) is 10.9. The minimum Gasteiger partial charge on any atom is -0.441 e. The second-order valence-electron chi connectivity index (χ2n) is 5.03. The fourth-order valence-electron chi connectivity index (χ4n) is 2.12. The summed E-state index contributed by atoms with van der Waals surface area (Å²) in [6.07, 6.45) is 2.68. The van der Waals surface area contributed by atoms with Crippen LogP contribution < -0.4 is 10.2 Å². The molecular weight excluding hydrogens is 226 g/mol. The maximum absolute atomic E-state index is 5.56. The van der Waals surface area contributed by atoms with Crippen LogP contribution in [0.15, 0.2) is 22.6 Å². The number of benzene rings is 1. The third kappa shape index (κ3) is 2.48. The zero-order valence-corrected chi connectivity index (χ0v) is 10.9. The van der Waals surface area contributed by atoms with Gasteiger partial charge in [-0.2, -0.15) is 0 Å². The van der Waals surface area contributed by atoms with Crippen LogP contribution in [0.1, 0.15) is 18.7 Å². The van der Waals surface area contributed by atoms with Crippen molar-refractivity contribution in [3.63, 3.8) is 0 Å². The molecule has 1 saturated carbocycles. The van der Waals surface area contributed by atoms with Crippen LogP contribution in [0.25, 0.3) is 11.1 Å². The summed E-state index contributed by atoms with van der Waals surface area (Å²) in [5.41, 5.74) is 2.98. The maximum atomic E-state index is 5.56. The van der Waals surface area contributed by atoms with Gasteiger partial charge in [0.1, 0.15) is 5.52 Å². The van der Waals surface area contributed by atoms with E-state index >= 15 is 0 Å². The van der Waals surface area contributed by atoms with Crippen molar-refractivity contribution in [3.05, 3.63) is 24.1 Å². The van der Waals surface area contributed by atoms with Crippen molar-refractivity contribution in [2.24, 2.45) is 0 Å². The molecule has 96 valence electrons. The molecule has 1 aliphatic carbocycles. The van der Waals surface area contributed by atoms with Gasteiger partial charge in [-0.05, 0) is 25.0 Å². The topological polar surface area (TPSA) is 41.3 Å². The zero-order chi connectivity index (χ0) is 12.5. The average molecular weight is 245 g/mol. The quantitative estimate of drug-likeness (QED) is 0.877. The summed E-state index contributed by atoms with van der Waals surface area (Å²) >= 11 is 0. The maximum Gasteiger partial charge on any atom is 0.192 e. The van der Waals surface area contributed by atoms with E-state index in [1.165, 1.54) is 18.5 Å². The second-order valence-corrected chi connectivity index (χ2v) is 5.03. The summed E-state index contributed by atoms with van der Waals surface area (Å²) < 4.78 is 5.56. The number of oxazole rings is 1. The van der Waals surface area contributed by atoms with Gasteiger partial charge in [0.05, 0.1) is 0 Å². The van der Waals surface area contributed by atoms with Crippen molar-refractivity contribution < 1.29 is 4.42 Å². The number of anilines is 1. The third-order valence-electron chi connectivity index (χ3n) is 3.38. The van der Waals surface area contributed by atoms with Gasteiger partial charge in [0.15, 0.2) is 11.5 Å². The van der Waals surface area contributed by atoms with Crippen LogP contribution in [-0.4, -0.2) is 31.2 Å². The fourth-order valence-corrected chi connectivity index (χ4v) is 2.12. The number of likely N-dealkylation sites (N-methyl/N-ethyl adjacent to an activating group) is 1. The summed E-state index contributed by atoms with van der Waals surface area (Å²) in [5.74, 6) is 0.722. The second kappa shape index (κ2) is 4.61. The Morgan fingerprint density at radius 2 is 2.28 bits per heavy atom. The molecule has 1 aromatic heterocycles. The monoisotopic (exact) mass is 245 g/mol. The summed E-state index contributed by atoms with van der Waals surface area (Å²) in [4.78, 5) is 6.55. The highest BCUT2D eigenvalue weighted by molar-refractivity contribution is 5.77. The van der Waals surface area contributed by atoms with E-state index in [0.717, 1.165) is 36.1 Å². The lowest BCUT2D eigenvalue weighted by Gasteiger charge is -2.19. The number of nitrogens with zero attached hydrogens (tertiary/aromatic N) is 2. The van der Waals surface area contributed by atoms with Crippen molar-refractivity contribution >= 4 is 16.8 Å². The van der Waals surface area contributed by atoms with Crippen LogP contribution in [0.4, 0.5) is 5.69 Å². The van der Waals surface area contributed by atoms with E-state index in [4.69, 9.17) is 4.42 Å². The van der Waals surface area contributed by atoms with Gasteiger partial charge < -0.3 is 14.6 Å². The molecule has 1 aromatic carbocycles. The van der Waals surface area contributed by atoms with Gasteiger partial charge in [-0.15, -0.1) is 0 Å². The van der Waals surface area contributed by atoms with Crippen LogP contribution in [0, 0.1) is 6.92 Å². The number of fused-ring (bicyclic) bond motifs is 1. The van der Waals surface area contributed by atoms with Gasteiger partial charge in [0.2, 0.25) is 0 Å². The molecule has 0 spiro atoms. The Kier molecular flexibility index (Phi) is 2.96. The van der Waals surface area contributed by atoms with E-state index in [-0.39, 0.29) is 0 Å². The fraction of sp³-hybridized carbons (Fsp3) is 0.500. The van der Waals surface area contributed by atoms with Crippen LogP contribution in [0.5, 0.6) is 0 Å². The number of aromatic nitrogens is 1. The number of aryl methyl sites for hydroxylation is 1. The Bertz CT molecular complexity index is 545. The average Bonchev–Trinajstić information content (AvgIpc) is 3.08. The van der Waals surface area contributed by atoms with Crippen molar-refractivity contribution in [1.29, 1.82) is 0 Å². The minimum atomic E-state index is 0.722. The molecule has 18 heavy (non-hydrogen) atoms. The Hall–Kier alpha value is -1.55. The van der Waals surface area contributed by atoms with Gasteiger partial charge in [0.25, 0.3) is 0 Å². The molecule has 0 radical (unpaired) electrons. The number of hydrogen-bond acceptors (Lipinski definition) is 4. The van der Waals surface area contributed by atoms with Crippen molar-refractivity contribution in [3.8, 4) is 0 Å². The van der Waals surface area contributed by atoms with Crippen LogP contribution in [0.3, 0.4) is 0 Å². The summed E-state index contributed by atoms with van der Waals surface area (Å²) in [7, 11) is 2.11. The molecule has 4 nitrogen and oxygen atoms in total. The summed E-state index contributed by atoms with van der Waals surface area (Å²) in [5, 5.41) is 3.52. The summed E-state index contributed by atoms with van der Waals surface area (Å²) in [6, 6.07) is 6.96. The lowest BCUT2D eigenvalue weighted by atomic mass is 10.2. The Balaban J connectivity index is 1.67. The largest absolute Gasteiger partial charge is 0.441 e. The van der Waals surface area contributed by atoms with E-state index in [0.29, 0.717) is 0 Å². The lowest BCUT2D eigenvalue weighted by Crippen LogP contribution is -2.30. The minimum absolute atomic E-state index is 0.722. The van der Waals surface area contributed by atoms with Crippen molar-refractivity contribution in [2.45, 2.75) is 25.8 Å². The van der Waals surface area contributed by atoms with Crippen molar-refractivity contribution in [1.82, 2.24) is 10.3 Å². The number of rotatable bonds is 5. The SMILES string of the molecule is Cc1nc2ccc(N(C)CCNC3CC3)cc2o1. The molecular formula is C14H19N3O. The first-order valence-electron chi connectivity index (χ1n) is 6.54. The van der Waals surface area contributed by atoms with E-state index in [1.807, 2.05) is 13.0 Å².